The lowest BCUT2D eigenvalue weighted by Gasteiger charge is -1.96. The molecule has 56 valence electrons. The summed E-state index contributed by atoms with van der Waals surface area (Å²) in [5, 5.41) is 1.13. The van der Waals surface area contributed by atoms with Crippen LogP contribution in [0.3, 0.4) is 0 Å². The van der Waals surface area contributed by atoms with E-state index in [1.165, 1.54) is 0 Å². The molecule has 0 heterocycles. The SMILES string of the molecule is C=C(Cl)/C(C)=C(Cl)\C=C/C. The van der Waals surface area contributed by atoms with Crippen LogP contribution in [0, 0.1) is 0 Å². The molecule has 10 heavy (non-hydrogen) atoms. The van der Waals surface area contributed by atoms with Gasteiger partial charge in [0.25, 0.3) is 0 Å². The van der Waals surface area contributed by atoms with E-state index in [1.54, 1.807) is 6.08 Å². The summed E-state index contributed by atoms with van der Waals surface area (Å²) in [4.78, 5) is 0. The number of hydrogen-bond acceptors (Lipinski definition) is 0. The van der Waals surface area contributed by atoms with Gasteiger partial charge in [-0.25, -0.2) is 0 Å². The summed E-state index contributed by atoms with van der Waals surface area (Å²) in [6, 6.07) is 0. The van der Waals surface area contributed by atoms with Crippen molar-refractivity contribution in [2.45, 2.75) is 13.8 Å². The van der Waals surface area contributed by atoms with Crippen LogP contribution in [0.5, 0.6) is 0 Å². The molecule has 0 amide bonds. The van der Waals surface area contributed by atoms with Crippen molar-refractivity contribution in [3.05, 3.63) is 34.4 Å². The average Bonchev–Trinajstić information content (AvgIpc) is 1.87. The molecule has 0 nitrogen and oxygen atoms in total. The summed E-state index contributed by atoms with van der Waals surface area (Å²) < 4.78 is 0. The van der Waals surface area contributed by atoms with Gasteiger partial charge in [0.15, 0.2) is 0 Å². The summed E-state index contributed by atoms with van der Waals surface area (Å²) in [6.07, 6.45) is 3.64. The Hall–Kier alpha value is -0.200. The number of halogens is 2. The van der Waals surface area contributed by atoms with Gasteiger partial charge in [-0.3, -0.25) is 0 Å². The third-order valence-corrected chi connectivity index (χ3v) is 1.77. The molecule has 0 N–H and O–H groups in total. The molecule has 0 unspecified atom stereocenters. The highest BCUT2D eigenvalue weighted by Crippen LogP contribution is 2.19. The van der Waals surface area contributed by atoms with Crippen LogP contribution in [0.2, 0.25) is 0 Å². The summed E-state index contributed by atoms with van der Waals surface area (Å²) in [6.45, 7) is 7.27. The minimum absolute atomic E-state index is 0.489. The van der Waals surface area contributed by atoms with Crippen LogP contribution in [0.15, 0.2) is 34.4 Å². The van der Waals surface area contributed by atoms with Crippen LogP contribution in [-0.4, -0.2) is 0 Å². The van der Waals surface area contributed by atoms with Gasteiger partial charge in [-0.15, -0.1) is 0 Å². The van der Waals surface area contributed by atoms with Crippen LogP contribution in [0.25, 0.3) is 0 Å². The van der Waals surface area contributed by atoms with E-state index in [1.807, 2.05) is 19.9 Å². The van der Waals surface area contributed by atoms with Gasteiger partial charge in [0.1, 0.15) is 0 Å². The van der Waals surface area contributed by atoms with E-state index in [9.17, 15) is 0 Å². The van der Waals surface area contributed by atoms with Crippen LogP contribution in [0.4, 0.5) is 0 Å². The van der Waals surface area contributed by atoms with E-state index < -0.39 is 0 Å². The highest BCUT2D eigenvalue weighted by molar-refractivity contribution is 6.36. The molecular formula is C8H10Cl2. The molecule has 0 aromatic carbocycles. The second-order valence-electron chi connectivity index (χ2n) is 1.88. The predicted molar refractivity (Wildman–Crippen MR) is 48.4 cm³/mol. The summed E-state index contributed by atoms with van der Waals surface area (Å²) in [5.41, 5.74) is 0.821. The van der Waals surface area contributed by atoms with E-state index in [0.717, 1.165) is 5.57 Å². The molecule has 0 fully saturated rings. The maximum absolute atomic E-state index is 5.77. The van der Waals surface area contributed by atoms with E-state index in [0.29, 0.717) is 10.1 Å². The molecular weight excluding hydrogens is 167 g/mol. The molecule has 0 atom stereocenters. The van der Waals surface area contributed by atoms with E-state index in [2.05, 4.69) is 6.58 Å². The Kier molecular flexibility index (Phi) is 4.50. The van der Waals surface area contributed by atoms with Crippen molar-refractivity contribution in [2.75, 3.05) is 0 Å². The third-order valence-electron chi connectivity index (χ3n) is 1.08. The average molecular weight is 177 g/mol. The highest BCUT2D eigenvalue weighted by Gasteiger charge is 1.96. The van der Waals surface area contributed by atoms with Crippen LogP contribution >= 0.6 is 23.2 Å². The van der Waals surface area contributed by atoms with Gasteiger partial charge >= 0.3 is 0 Å². The molecule has 0 aromatic rings. The zero-order valence-corrected chi connectivity index (χ0v) is 7.63. The number of hydrogen-bond donors (Lipinski definition) is 0. The van der Waals surface area contributed by atoms with Gasteiger partial charge in [0, 0.05) is 10.1 Å². The van der Waals surface area contributed by atoms with E-state index >= 15 is 0 Å². The lowest BCUT2D eigenvalue weighted by Crippen LogP contribution is -1.76. The van der Waals surface area contributed by atoms with Gasteiger partial charge in [-0.2, -0.15) is 0 Å². The largest absolute Gasteiger partial charge is 0.0862 e. The van der Waals surface area contributed by atoms with Crippen LogP contribution in [0.1, 0.15) is 13.8 Å². The van der Waals surface area contributed by atoms with Crippen molar-refractivity contribution in [2.24, 2.45) is 0 Å². The predicted octanol–water partition coefficient (Wildman–Crippen LogP) is 3.83. The van der Waals surface area contributed by atoms with Gasteiger partial charge in [-0.1, -0.05) is 35.9 Å². The number of allylic oxidation sites excluding steroid dienone is 5. The molecule has 0 spiro atoms. The Morgan fingerprint density at radius 3 is 2.20 bits per heavy atom. The molecule has 0 rings (SSSR count). The lowest BCUT2D eigenvalue weighted by atomic mass is 10.2. The van der Waals surface area contributed by atoms with E-state index in [-0.39, 0.29) is 0 Å². The molecule has 0 aliphatic carbocycles. The molecule has 0 aliphatic heterocycles. The summed E-state index contributed by atoms with van der Waals surface area (Å²) in [5.74, 6) is 0. The Morgan fingerprint density at radius 2 is 1.90 bits per heavy atom. The van der Waals surface area contributed by atoms with Crippen molar-refractivity contribution >= 4 is 23.2 Å². The Bertz CT molecular complexity index is 187. The molecule has 0 aliphatic rings. The first-order valence-electron chi connectivity index (χ1n) is 2.93. The molecule has 0 radical (unpaired) electrons. The summed E-state index contributed by atoms with van der Waals surface area (Å²) in [7, 11) is 0. The Labute approximate surface area is 71.8 Å². The normalized spacial score (nSPS) is 13.6. The third kappa shape index (κ3) is 3.09. The van der Waals surface area contributed by atoms with Gasteiger partial charge in [-0.05, 0) is 25.5 Å². The standard InChI is InChI=1S/C8H10Cl2/c1-4-5-8(10)6(2)7(3)9/h4-5H,3H2,1-2H3/b5-4-,8-6+. The second kappa shape index (κ2) is 4.59. The van der Waals surface area contributed by atoms with Gasteiger partial charge < -0.3 is 0 Å². The topological polar surface area (TPSA) is 0 Å². The molecule has 0 bridgehead atoms. The van der Waals surface area contributed by atoms with Crippen molar-refractivity contribution in [1.29, 1.82) is 0 Å². The molecule has 0 saturated heterocycles. The second-order valence-corrected chi connectivity index (χ2v) is 2.74. The molecule has 0 aromatic heterocycles. The van der Waals surface area contributed by atoms with Crippen LogP contribution < -0.4 is 0 Å². The van der Waals surface area contributed by atoms with Crippen molar-refractivity contribution in [3.8, 4) is 0 Å². The Morgan fingerprint density at radius 1 is 1.40 bits per heavy atom. The lowest BCUT2D eigenvalue weighted by molar-refractivity contribution is 1.48. The quantitative estimate of drug-likeness (QED) is 0.562. The Balaban J connectivity index is 4.50. The smallest absolute Gasteiger partial charge is 0.0446 e. The fourth-order valence-electron chi connectivity index (χ4n) is 0.401. The minimum atomic E-state index is 0.489. The van der Waals surface area contributed by atoms with Crippen molar-refractivity contribution < 1.29 is 0 Å². The maximum atomic E-state index is 5.77. The van der Waals surface area contributed by atoms with Gasteiger partial charge in [0.2, 0.25) is 0 Å². The highest BCUT2D eigenvalue weighted by atomic mass is 35.5. The van der Waals surface area contributed by atoms with E-state index in [4.69, 9.17) is 23.2 Å². The van der Waals surface area contributed by atoms with Gasteiger partial charge in [0.05, 0.1) is 0 Å². The monoisotopic (exact) mass is 176 g/mol. The fourth-order valence-corrected chi connectivity index (χ4v) is 0.791. The number of rotatable bonds is 2. The molecule has 0 saturated carbocycles. The molecule has 2 heteroatoms. The zero-order chi connectivity index (χ0) is 8.15. The first kappa shape index (κ1) is 9.80. The van der Waals surface area contributed by atoms with Crippen LogP contribution in [-0.2, 0) is 0 Å². The maximum Gasteiger partial charge on any atom is 0.0446 e. The van der Waals surface area contributed by atoms with Crippen molar-refractivity contribution in [3.63, 3.8) is 0 Å². The minimum Gasteiger partial charge on any atom is -0.0862 e. The first-order chi connectivity index (χ1) is 4.59. The summed E-state index contributed by atoms with van der Waals surface area (Å²) >= 11 is 11.4. The first-order valence-corrected chi connectivity index (χ1v) is 3.69. The van der Waals surface area contributed by atoms with Crippen molar-refractivity contribution in [1.82, 2.24) is 0 Å². The fraction of sp³-hybridized carbons (Fsp3) is 0.250. The zero-order valence-electron chi connectivity index (χ0n) is 6.12.